The number of rotatable bonds is 5. The van der Waals surface area contributed by atoms with Crippen LogP contribution in [0.15, 0.2) is 18.2 Å². The maximum atomic E-state index is 12.2. The molecule has 3 rings (SSSR count). The van der Waals surface area contributed by atoms with Gasteiger partial charge in [-0.05, 0) is 30.2 Å². The zero-order valence-corrected chi connectivity index (χ0v) is 16.2. The van der Waals surface area contributed by atoms with Crippen LogP contribution in [-0.2, 0) is 21.4 Å². The molecule has 0 radical (unpaired) electrons. The van der Waals surface area contributed by atoms with Gasteiger partial charge in [0.1, 0.15) is 5.82 Å². The van der Waals surface area contributed by atoms with Gasteiger partial charge in [0.2, 0.25) is 17.8 Å². The summed E-state index contributed by atoms with van der Waals surface area (Å²) in [5, 5.41) is 3.21. The summed E-state index contributed by atoms with van der Waals surface area (Å²) in [6.07, 6.45) is 1.20. The van der Waals surface area contributed by atoms with E-state index < -0.39 is 0 Å². The zero-order chi connectivity index (χ0) is 19.6. The topological polar surface area (TPSA) is 106 Å². The van der Waals surface area contributed by atoms with E-state index >= 15 is 0 Å². The van der Waals surface area contributed by atoms with Gasteiger partial charge in [-0.3, -0.25) is 4.79 Å². The second-order valence-corrected chi connectivity index (χ2v) is 7.60. The predicted octanol–water partition coefficient (Wildman–Crippen LogP) is 2.42. The highest BCUT2D eigenvalue weighted by Crippen LogP contribution is 2.31. The van der Waals surface area contributed by atoms with E-state index in [9.17, 15) is 4.79 Å². The van der Waals surface area contributed by atoms with E-state index in [1.54, 1.807) is 12.0 Å². The molecular weight excluding hydrogens is 344 g/mol. The number of amides is 1. The van der Waals surface area contributed by atoms with E-state index in [0.29, 0.717) is 37.8 Å². The van der Waals surface area contributed by atoms with Crippen LogP contribution in [0.25, 0.3) is 0 Å². The van der Waals surface area contributed by atoms with Crippen molar-refractivity contribution < 1.29 is 9.53 Å². The number of aromatic nitrogens is 3. The Morgan fingerprint density at radius 3 is 2.70 bits per heavy atom. The van der Waals surface area contributed by atoms with E-state index in [0.717, 1.165) is 16.9 Å². The van der Waals surface area contributed by atoms with Gasteiger partial charge in [-0.25, -0.2) is 0 Å². The number of nitrogens with zero attached hydrogens (tertiary/aromatic N) is 4. The largest absolute Gasteiger partial charge is 0.383 e. The van der Waals surface area contributed by atoms with Crippen LogP contribution in [0.3, 0.4) is 0 Å². The Hall–Kier alpha value is -2.74. The van der Waals surface area contributed by atoms with Gasteiger partial charge >= 0.3 is 0 Å². The van der Waals surface area contributed by atoms with Crippen LogP contribution >= 0.6 is 0 Å². The SMILES string of the molecule is COCCN1C(=O)CCc2cc(Nc3nc(N)nc(C(C)(C)C)n3)ccc21. The number of carbonyl (C=O) groups is 1. The minimum atomic E-state index is -0.231. The first-order valence-electron chi connectivity index (χ1n) is 8.99. The molecule has 0 spiro atoms. The number of hydrogen-bond donors (Lipinski definition) is 2. The van der Waals surface area contributed by atoms with Gasteiger partial charge in [0, 0.05) is 36.9 Å². The van der Waals surface area contributed by atoms with E-state index in [1.165, 1.54) is 0 Å². The summed E-state index contributed by atoms with van der Waals surface area (Å²) in [6.45, 7) is 7.13. The summed E-state index contributed by atoms with van der Waals surface area (Å²) in [5.41, 5.74) is 8.49. The minimum absolute atomic E-state index is 0.125. The Labute approximate surface area is 159 Å². The van der Waals surface area contributed by atoms with Crippen molar-refractivity contribution in [1.82, 2.24) is 15.0 Å². The summed E-state index contributed by atoms with van der Waals surface area (Å²) in [7, 11) is 1.63. The molecule has 1 aromatic heterocycles. The maximum Gasteiger partial charge on any atom is 0.232 e. The molecule has 0 fully saturated rings. The zero-order valence-electron chi connectivity index (χ0n) is 16.2. The number of ether oxygens (including phenoxy) is 1. The lowest BCUT2D eigenvalue weighted by molar-refractivity contribution is -0.119. The fraction of sp³-hybridized carbons (Fsp3) is 0.474. The number of nitrogen functional groups attached to an aromatic ring is 1. The molecule has 1 aromatic carbocycles. The summed E-state index contributed by atoms with van der Waals surface area (Å²) in [4.78, 5) is 26.9. The molecule has 8 heteroatoms. The molecule has 0 saturated heterocycles. The molecule has 1 amide bonds. The molecule has 0 atom stereocenters. The average Bonchev–Trinajstić information content (AvgIpc) is 2.60. The summed E-state index contributed by atoms with van der Waals surface area (Å²) in [6, 6.07) is 5.88. The van der Waals surface area contributed by atoms with Crippen molar-refractivity contribution >= 4 is 29.2 Å². The number of nitrogens with two attached hydrogens (primary N) is 1. The van der Waals surface area contributed by atoms with E-state index in [1.807, 2.05) is 39.0 Å². The number of fused-ring (bicyclic) bond motifs is 1. The average molecular weight is 370 g/mol. The van der Waals surface area contributed by atoms with E-state index in [2.05, 4.69) is 20.3 Å². The van der Waals surface area contributed by atoms with Gasteiger partial charge in [-0.1, -0.05) is 20.8 Å². The van der Waals surface area contributed by atoms with Crippen molar-refractivity contribution in [2.24, 2.45) is 0 Å². The summed E-state index contributed by atoms with van der Waals surface area (Å²) in [5.74, 6) is 1.36. The lowest BCUT2D eigenvalue weighted by Crippen LogP contribution is -2.37. The molecule has 2 aromatic rings. The molecule has 0 bridgehead atoms. The van der Waals surface area contributed by atoms with Gasteiger partial charge in [-0.15, -0.1) is 0 Å². The fourth-order valence-corrected chi connectivity index (χ4v) is 2.98. The Morgan fingerprint density at radius 2 is 2.00 bits per heavy atom. The third kappa shape index (κ3) is 4.33. The first-order chi connectivity index (χ1) is 12.8. The Morgan fingerprint density at radius 1 is 1.22 bits per heavy atom. The first-order valence-corrected chi connectivity index (χ1v) is 8.99. The van der Waals surface area contributed by atoms with Crippen molar-refractivity contribution in [3.63, 3.8) is 0 Å². The van der Waals surface area contributed by atoms with Crippen LogP contribution < -0.4 is 16.0 Å². The van der Waals surface area contributed by atoms with Crippen LogP contribution in [0.1, 0.15) is 38.6 Å². The van der Waals surface area contributed by atoms with Crippen LogP contribution in [0.5, 0.6) is 0 Å². The molecule has 8 nitrogen and oxygen atoms in total. The molecule has 1 aliphatic rings. The lowest BCUT2D eigenvalue weighted by Gasteiger charge is -2.29. The highest BCUT2D eigenvalue weighted by Gasteiger charge is 2.24. The van der Waals surface area contributed by atoms with E-state index in [-0.39, 0.29) is 17.3 Å². The second kappa shape index (κ2) is 7.48. The van der Waals surface area contributed by atoms with Gasteiger partial charge in [-0.2, -0.15) is 15.0 Å². The van der Waals surface area contributed by atoms with Crippen LogP contribution in [0, 0.1) is 0 Å². The fourth-order valence-electron chi connectivity index (χ4n) is 2.98. The van der Waals surface area contributed by atoms with Crippen LogP contribution in [-0.4, -0.2) is 41.1 Å². The molecule has 2 heterocycles. The molecule has 1 aliphatic heterocycles. The standard InChI is InChI=1S/C19H26N6O2/c1-19(2,3)16-22-17(20)24-18(23-16)21-13-6-7-14-12(11-13)5-8-15(26)25(14)9-10-27-4/h6-7,11H,5,8-10H2,1-4H3,(H3,20,21,22,23,24). The Kier molecular flexibility index (Phi) is 5.27. The highest BCUT2D eigenvalue weighted by molar-refractivity contribution is 5.96. The Balaban J connectivity index is 1.86. The Bertz CT molecular complexity index is 847. The maximum absolute atomic E-state index is 12.2. The molecule has 0 saturated carbocycles. The van der Waals surface area contributed by atoms with Crippen molar-refractivity contribution in [1.29, 1.82) is 0 Å². The number of aryl methyl sites for hydroxylation is 1. The predicted molar refractivity (Wildman–Crippen MR) is 105 cm³/mol. The van der Waals surface area contributed by atoms with Crippen LogP contribution in [0.4, 0.5) is 23.3 Å². The molecule has 27 heavy (non-hydrogen) atoms. The summed E-state index contributed by atoms with van der Waals surface area (Å²) >= 11 is 0. The van der Waals surface area contributed by atoms with Gasteiger partial charge < -0.3 is 20.7 Å². The highest BCUT2D eigenvalue weighted by atomic mass is 16.5. The number of carbonyl (C=O) groups excluding carboxylic acids is 1. The van der Waals surface area contributed by atoms with Crippen LogP contribution in [0.2, 0.25) is 0 Å². The number of nitrogens with one attached hydrogen (secondary N) is 1. The number of anilines is 4. The van der Waals surface area contributed by atoms with Crippen molar-refractivity contribution in [3.8, 4) is 0 Å². The monoisotopic (exact) mass is 370 g/mol. The van der Waals surface area contributed by atoms with Gasteiger partial charge in [0.15, 0.2) is 0 Å². The molecular formula is C19H26N6O2. The quantitative estimate of drug-likeness (QED) is 0.832. The van der Waals surface area contributed by atoms with Crippen molar-refractivity contribution in [3.05, 3.63) is 29.6 Å². The summed E-state index contributed by atoms with van der Waals surface area (Å²) < 4.78 is 5.12. The molecule has 0 aliphatic carbocycles. The van der Waals surface area contributed by atoms with Gasteiger partial charge in [0.25, 0.3) is 0 Å². The smallest absolute Gasteiger partial charge is 0.232 e. The molecule has 3 N–H and O–H groups in total. The van der Waals surface area contributed by atoms with Crippen molar-refractivity contribution in [2.75, 3.05) is 36.2 Å². The number of hydrogen-bond acceptors (Lipinski definition) is 7. The molecule has 0 unspecified atom stereocenters. The second-order valence-electron chi connectivity index (χ2n) is 7.60. The minimum Gasteiger partial charge on any atom is -0.383 e. The third-order valence-electron chi connectivity index (χ3n) is 4.38. The third-order valence-corrected chi connectivity index (χ3v) is 4.38. The number of methoxy groups -OCH3 is 1. The van der Waals surface area contributed by atoms with Crippen molar-refractivity contribution in [2.45, 2.75) is 39.0 Å². The number of benzene rings is 1. The molecule has 144 valence electrons. The lowest BCUT2D eigenvalue weighted by atomic mass is 9.96. The first kappa shape index (κ1) is 19.0. The van der Waals surface area contributed by atoms with Gasteiger partial charge in [0.05, 0.1) is 6.61 Å². The van der Waals surface area contributed by atoms with E-state index in [4.69, 9.17) is 10.5 Å². The normalized spacial score (nSPS) is 14.2.